The molecule has 3 rings (SSSR count). The first-order chi connectivity index (χ1) is 12.3. The summed E-state index contributed by atoms with van der Waals surface area (Å²) in [7, 11) is 0. The second-order valence-electron chi connectivity index (χ2n) is 5.52. The van der Waals surface area contributed by atoms with Gasteiger partial charge in [-0.25, -0.2) is 9.98 Å². The molecule has 0 amide bonds. The van der Waals surface area contributed by atoms with Crippen LogP contribution in [0.1, 0.15) is 23.3 Å². The van der Waals surface area contributed by atoms with E-state index in [4.69, 9.17) is 9.40 Å². The zero-order chi connectivity index (χ0) is 17.5. The molecule has 0 aliphatic carbocycles. The van der Waals surface area contributed by atoms with Crippen molar-refractivity contribution in [2.24, 2.45) is 4.99 Å². The number of aliphatic imine (C=N–C) groups is 1. The molecule has 3 aromatic rings. The van der Waals surface area contributed by atoms with Crippen LogP contribution in [0.3, 0.4) is 0 Å². The second kappa shape index (κ2) is 10.3. The molecule has 2 N–H and O–H groups in total. The van der Waals surface area contributed by atoms with Gasteiger partial charge in [-0.05, 0) is 26.0 Å². The van der Waals surface area contributed by atoms with Gasteiger partial charge in [-0.15, -0.1) is 35.3 Å². The van der Waals surface area contributed by atoms with Crippen molar-refractivity contribution in [2.45, 2.75) is 26.9 Å². The predicted octanol–water partition coefficient (Wildman–Crippen LogP) is 4.58. The maximum absolute atomic E-state index is 5.33. The summed E-state index contributed by atoms with van der Waals surface area (Å²) in [6.45, 7) is 6.11. The molecule has 7 heteroatoms. The average Bonchev–Trinajstić information content (AvgIpc) is 3.28. The summed E-state index contributed by atoms with van der Waals surface area (Å²) in [4.78, 5) is 10.5. The Morgan fingerprint density at radius 1 is 1.15 bits per heavy atom. The van der Waals surface area contributed by atoms with Gasteiger partial charge in [0.1, 0.15) is 17.3 Å². The third-order valence-electron chi connectivity index (χ3n) is 3.65. The summed E-state index contributed by atoms with van der Waals surface area (Å²) in [5.41, 5.74) is 2.21. The molecule has 0 saturated heterocycles. The molecule has 0 spiro atoms. The van der Waals surface area contributed by atoms with Gasteiger partial charge in [-0.1, -0.05) is 30.3 Å². The maximum atomic E-state index is 5.33. The van der Waals surface area contributed by atoms with E-state index >= 15 is 0 Å². The van der Waals surface area contributed by atoms with Gasteiger partial charge >= 0.3 is 0 Å². The van der Waals surface area contributed by atoms with Gasteiger partial charge in [-0.3, -0.25) is 0 Å². The minimum Gasteiger partial charge on any atom is -0.467 e. The van der Waals surface area contributed by atoms with E-state index in [0.717, 1.165) is 34.5 Å². The van der Waals surface area contributed by atoms with Crippen LogP contribution in [0.4, 0.5) is 0 Å². The minimum absolute atomic E-state index is 0. The van der Waals surface area contributed by atoms with Crippen LogP contribution in [0.5, 0.6) is 0 Å². The Bertz CT molecular complexity index is 815. The van der Waals surface area contributed by atoms with Gasteiger partial charge < -0.3 is 15.1 Å². The summed E-state index contributed by atoms with van der Waals surface area (Å²) in [5, 5.41) is 7.68. The molecule has 138 valence electrons. The normalized spacial score (nSPS) is 11.1. The molecule has 26 heavy (non-hydrogen) atoms. The van der Waals surface area contributed by atoms with Crippen molar-refractivity contribution in [3.8, 4) is 10.6 Å². The third kappa shape index (κ3) is 5.57. The first-order valence-electron chi connectivity index (χ1n) is 8.32. The number of hydrogen-bond acceptors (Lipinski definition) is 4. The zero-order valence-electron chi connectivity index (χ0n) is 14.9. The van der Waals surface area contributed by atoms with Crippen LogP contribution >= 0.6 is 35.3 Å². The van der Waals surface area contributed by atoms with Crippen LogP contribution in [0.15, 0.2) is 58.1 Å². The lowest BCUT2D eigenvalue weighted by Gasteiger charge is -2.10. The Balaban J connectivity index is 0.00000243. The molecular weight excluding hydrogens is 459 g/mol. The van der Waals surface area contributed by atoms with E-state index in [1.165, 1.54) is 4.88 Å². The van der Waals surface area contributed by atoms with Crippen molar-refractivity contribution >= 4 is 41.3 Å². The smallest absolute Gasteiger partial charge is 0.191 e. The highest BCUT2D eigenvalue weighted by Gasteiger charge is 2.10. The zero-order valence-corrected chi connectivity index (χ0v) is 18.0. The van der Waals surface area contributed by atoms with E-state index in [1.807, 2.05) is 37.3 Å². The molecule has 0 unspecified atom stereocenters. The standard InChI is InChI=1S/C19H22N4OS.HI/c1-3-20-19(21-12-16-10-7-11-24-16)22-13-17-14(2)23-18(25-17)15-8-5-4-6-9-15;/h4-11H,3,12-13H2,1-2H3,(H2,20,21,22);1H. The highest BCUT2D eigenvalue weighted by molar-refractivity contribution is 14.0. The molecule has 0 saturated carbocycles. The first kappa shape index (κ1) is 20.4. The van der Waals surface area contributed by atoms with Crippen molar-refractivity contribution < 1.29 is 4.42 Å². The van der Waals surface area contributed by atoms with E-state index in [1.54, 1.807) is 17.6 Å². The number of aromatic nitrogens is 1. The fourth-order valence-electron chi connectivity index (χ4n) is 2.36. The van der Waals surface area contributed by atoms with E-state index in [-0.39, 0.29) is 24.0 Å². The van der Waals surface area contributed by atoms with E-state index < -0.39 is 0 Å². The lowest BCUT2D eigenvalue weighted by molar-refractivity contribution is 0.512. The SMILES string of the molecule is CCNC(=NCc1ccco1)NCc1sc(-c2ccccc2)nc1C.I. The maximum Gasteiger partial charge on any atom is 0.191 e. The number of nitrogens with zero attached hydrogens (tertiary/aromatic N) is 2. The third-order valence-corrected chi connectivity index (χ3v) is 4.85. The van der Waals surface area contributed by atoms with Crippen molar-refractivity contribution in [3.63, 3.8) is 0 Å². The highest BCUT2D eigenvalue weighted by atomic mass is 127. The number of rotatable bonds is 6. The molecule has 5 nitrogen and oxygen atoms in total. The van der Waals surface area contributed by atoms with Crippen LogP contribution in [0.2, 0.25) is 0 Å². The predicted molar refractivity (Wildman–Crippen MR) is 118 cm³/mol. The topological polar surface area (TPSA) is 62.5 Å². The van der Waals surface area contributed by atoms with Crippen LogP contribution in [0.25, 0.3) is 10.6 Å². The van der Waals surface area contributed by atoms with Crippen LogP contribution < -0.4 is 10.6 Å². The number of nitrogens with one attached hydrogen (secondary N) is 2. The average molecular weight is 482 g/mol. The molecule has 0 radical (unpaired) electrons. The van der Waals surface area contributed by atoms with Crippen LogP contribution in [-0.2, 0) is 13.1 Å². The number of aryl methyl sites for hydroxylation is 1. The molecule has 1 aromatic carbocycles. The molecule has 2 aromatic heterocycles. The van der Waals surface area contributed by atoms with Crippen molar-refractivity contribution in [2.75, 3.05) is 6.54 Å². The number of guanidine groups is 1. The summed E-state index contributed by atoms with van der Waals surface area (Å²) < 4.78 is 5.33. The molecule has 2 heterocycles. The summed E-state index contributed by atoms with van der Waals surface area (Å²) in [6.07, 6.45) is 1.66. The van der Waals surface area contributed by atoms with Gasteiger partial charge in [0.05, 0.1) is 18.5 Å². The number of hydrogen-bond donors (Lipinski definition) is 2. The summed E-state index contributed by atoms with van der Waals surface area (Å²) in [5.74, 6) is 1.62. The Hall–Kier alpha value is -1.87. The molecule has 0 bridgehead atoms. The monoisotopic (exact) mass is 482 g/mol. The van der Waals surface area contributed by atoms with Gasteiger partial charge in [0.25, 0.3) is 0 Å². The van der Waals surface area contributed by atoms with Gasteiger partial charge in [0.15, 0.2) is 5.96 Å². The number of thiazole rings is 1. The number of furan rings is 1. The molecular formula is C19H23IN4OS. The van der Waals surface area contributed by atoms with Crippen molar-refractivity contribution in [1.82, 2.24) is 15.6 Å². The van der Waals surface area contributed by atoms with Gasteiger partial charge in [0.2, 0.25) is 0 Å². The van der Waals surface area contributed by atoms with E-state index in [9.17, 15) is 0 Å². The Morgan fingerprint density at radius 3 is 2.65 bits per heavy atom. The van der Waals surface area contributed by atoms with E-state index in [2.05, 4.69) is 34.7 Å². The Kier molecular flexibility index (Phi) is 8.11. The van der Waals surface area contributed by atoms with Crippen LogP contribution in [0, 0.1) is 6.92 Å². The number of halogens is 1. The van der Waals surface area contributed by atoms with Crippen LogP contribution in [-0.4, -0.2) is 17.5 Å². The fraction of sp³-hybridized carbons (Fsp3) is 0.263. The Morgan fingerprint density at radius 2 is 1.96 bits per heavy atom. The molecule has 0 aliphatic heterocycles. The molecule has 0 atom stereocenters. The van der Waals surface area contributed by atoms with Crippen molar-refractivity contribution in [3.05, 3.63) is 65.1 Å². The first-order valence-corrected chi connectivity index (χ1v) is 9.14. The van der Waals surface area contributed by atoms with Gasteiger partial charge in [-0.2, -0.15) is 0 Å². The Labute approximate surface area is 175 Å². The van der Waals surface area contributed by atoms with Crippen molar-refractivity contribution in [1.29, 1.82) is 0 Å². The second-order valence-corrected chi connectivity index (χ2v) is 6.61. The minimum atomic E-state index is 0. The van der Waals surface area contributed by atoms with E-state index in [0.29, 0.717) is 13.1 Å². The molecule has 0 aliphatic rings. The fourth-order valence-corrected chi connectivity index (χ4v) is 3.37. The summed E-state index contributed by atoms with van der Waals surface area (Å²) >= 11 is 1.71. The largest absolute Gasteiger partial charge is 0.467 e. The molecule has 0 fully saturated rings. The lowest BCUT2D eigenvalue weighted by atomic mass is 10.2. The quantitative estimate of drug-likeness (QED) is 0.307. The summed E-state index contributed by atoms with van der Waals surface area (Å²) in [6, 6.07) is 14.1. The van der Waals surface area contributed by atoms with Gasteiger partial charge in [0, 0.05) is 17.0 Å². The number of benzene rings is 1. The highest BCUT2D eigenvalue weighted by Crippen LogP contribution is 2.27. The lowest BCUT2D eigenvalue weighted by Crippen LogP contribution is -2.36.